The van der Waals surface area contributed by atoms with Gasteiger partial charge in [-0.15, -0.1) is 0 Å². The van der Waals surface area contributed by atoms with E-state index >= 15 is 0 Å². The van der Waals surface area contributed by atoms with Crippen LogP contribution < -0.4 is 11.1 Å². The summed E-state index contributed by atoms with van der Waals surface area (Å²) < 4.78 is 22.1. The van der Waals surface area contributed by atoms with Gasteiger partial charge in [-0.2, -0.15) is 0 Å². The number of allylic oxidation sites excluding steroid dienone is 13. The summed E-state index contributed by atoms with van der Waals surface area (Å²) in [5.41, 5.74) is 5.36. The second-order valence-electron chi connectivity index (χ2n) is 14.1. The van der Waals surface area contributed by atoms with Gasteiger partial charge in [0.1, 0.15) is 0 Å². The van der Waals surface area contributed by atoms with Crippen molar-refractivity contribution in [3.8, 4) is 0 Å². The van der Waals surface area contributed by atoms with Crippen LogP contribution in [0.1, 0.15) is 168 Å². The minimum Gasteiger partial charge on any atom is -0.387 e. The summed E-state index contributed by atoms with van der Waals surface area (Å²) in [6, 6.07) is -0.910. The molecule has 9 heteroatoms. The second kappa shape index (κ2) is 41.3. The van der Waals surface area contributed by atoms with Crippen LogP contribution in [0.3, 0.4) is 0 Å². The van der Waals surface area contributed by atoms with Gasteiger partial charge in [0.15, 0.2) is 0 Å². The number of hydrogen-bond acceptors (Lipinski definition) is 6. The third kappa shape index (κ3) is 39.7. The molecular formula is C46H81N2O6P. The SMILES string of the molecule is CC/C=C\C/C=C\C/C=C\C/C=C\CCCCC(=O)NC(COP(=O)(O)OCCN)C(O)/C=C/CC/C=C/CC/C=C/CCCCCCCCCCCCC. The highest BCUT2D eigenvalue weighted by molar-refractivity contribution is 7.47. The van der Waals surface area contributed by atoms with E-state index in [4.69, 9.17) is 14.8 Å². The van der Waals surface area contributed by atoms with E-state index in [2.05, 4.69) is 92.1 Å². The molecule has 0 aromatic heterocycles. The Bertz CT molecular complexity index is 1130. The fraction of sp³-hybridized carbons (Fsp3) is 0.674. The van der Waals surface area contributed by atoms with Crippen LogP contribution in [0.25, 0.3) is 0 Å². The Morgan fingerprint density at radius 1 is 0.618 bits per heavy atom. The normalized spacial score (nSPS) is 14.9. The third-order valence-electron chi connectivity index (χ3n) is 8.93. The number of aliphatic hydroxyl groups is 1. The van der Waals surface area contributed by atoms with Gasteiger partial charge < -0.3 is 21.1 Å². The zero-order valence-electron chi connectivity index (χ0n) is 34.9. The fourth-order valence-electron chi connectivity index (χ4n) is 5.68. The van der Waals surface area contributed by atoms with E-state index in [-0.39, 0.29) is 32.1 Å². The Kier molecular flexibility index (Phi) is 39.6. The molecular weight excluding hydrogens is 707 g/mol. The summed E-state index contributed by atoms with van der Waals surface area (Å²) in [5.74, 6) is -0.252. The van der Waals surface area contributed by atoms with Gasteiger partial charge in [0.25, 0.3) is 0 Å². The molecule has 55 heavy (non-hydrogen) atoms. The molecule has 0 bridgehead atoms. The lowest BCUT2D eigenvalue weighted by Crippen LogP contribution is -2.45. The number of unbranched alkanes of at least 4 members (excludes halogenated alkanes) is 15. The Morgan fingerprint density at radius 3 is 1.62 bits per heavy atom. The van der Waals surface area contributed by atoms with Crippen LogP contribution in [-0.2, 0) is 18.4 Å². The number of carbonyl (C=O) groups is 1. The average Bonchev–Trinajstić information content (AvgIpc) is 3.17. The van der Waals surface area contributed by atoms with Crippen molar-refractivity contribution < 1.29 is 28.4 Å². The lowest BCUT2D eigenvalue weighted by molar-refractivity contribution is -0.123. The Morgan fingerprint density at radius 2 is 1.07 bits per heavy atom. The van der Waals surface area contributed by atoms with Crippen molar-refractivity contribution in [1.29, 1.82) is 0 Å². The lowest BCUT2D eigenvalue weighted by Gasteiger charge is -2.23. The first-order valence-electron chi connectivity index (χ1n) is 21.7. The van der Waals surface area contributed by atoms with Gasteiger partial charge in [-0.25, -0.2) is 4.57 Å². The van der Waals surface area contributed by atoms with Crippen LogP contribution in [0.15, 0.2) is 85.1 Å². The number of amides is 1. The smallest absolute Gasteiger partial charge is 0.387 e. The maximum absolute atomic E-state index is 12.7. The topological polar surface area (TPSA) is 131 Å². The molecule has 3 unspecified atom stereocenters. The Labute approximate surface area is 337 Å². The van der Waals surface area contributed by atoms with E-state index in [1.165, 1.54) is 77.0 Å². The summed E-state index contributed by atoms with van der Waals surface area (Å²) in [5, 5.41) is 13.6. The van der Waals surface area contributed by atoms with Crippen molar-refractivity contribution >= 4 is 13.7 Å². The van der Waals surface area contributed by atoms with Gasteiger partial charge in [0.2, 0.25) is 5.91 Å². The number of nitrogens with one attached hydrogen (secondary N) is 1. The first-order valence-corrected chi connectivity index (χ1v) is 23.2. The fourth-order valence-corrected chi connectivity index (χ4v) is 6.44. The molecule has 0 aliphatic heterocycles. The zero-order valence-corrected chi connectivity index (χ0v) is 35.8. The largest absolute Gasteiger partial charge is 0.472 e. The van der Waals surface area contributed by atoms with Gasteiger partial charge in [-0.1, -0.05) is 163 Å². The molecule has 0 fully saturated rings. The quantitative estimate of drug-likeness (QED) is 0.0277. The van der Waals surface area contributed by atoms with Crippen LogP contribution >= 0.6 is 7.82 Å². The van der Waals surface area contributed by atoms with Crippen molar-refractivity contribution in [3.63, 3.8) is 0 Å². The molecule has 316 valence electrons. The summed E-state index contributed by atoms with van der Waals surface area (Å²) in [6.45, 7) is 3.94. The minimum absolute atomic E-state index is 0.0605. The highest BCUT2D eigenvalue weighted by atomic mass is 31.2. The highest BCUT2D eigenvalue weighted by Gasteiger charge is 2.26. The molecule has 0 aliphatic carbocycles. The molecule has 0 aromatic carbocycles. The monoisotopic (exact) mass is 789 g/mol. The summed E-state index contributed by atoms with van der Waals surface area (Å²) in [4.78, 5) is 22.7. The maximum Gasteiger partial charge on any atom is 0.472 e. The van der Waals surface area contributed by atoms with Gasteiger partial charge in [0.05, 0.1) is 25.4 Å². The van der Waals surface area contributed by atoms with E-state index in [0.717, 1.165) is 64.2 Å². The molecule has 0 rings (SSSR count). The molecule has 5 N–H and O–H groups in total. The minimum atomic E-state index is -4.37. The first-order chi connectivity index (χ1) is 26.9. The lowest BCUT2D eigenvalue weighted by atomic mass is 10.1. The summed E-state index contributed by atoms with van der Waals surface area (Å²) in [6.07, 6.45) is 55.0. The number of phosphoric ester groups is 1. The molecule has 0 radical (unpaired) electrons. The van der Waals surface area contributed by atoms with Gasteiger partial charge in [-0.3, -0.25) is 13.8 Å². The van der Waals surface area contributed by atoms with Crippen LogP contribution in [0.5, 0.6) is 0 Å². The molecule has 0 spiro atoms. The number of aliphatic hydroxyl groups excluding tert-OH is 1. The predicted molar refractivity (Wildman–Crippen MR) is 235 cm³/mol. The molecule has 0 saturated carbocycles. The molecule has 0 aromatic rings. The van der Waals surface area contributed by atoms with Crippen molar-refractivity contribution in [2.75, 3.05) is 19.8 Å². The van der Waals surface area contributed by atoms with E-state index in [1.54, 1.807) is 6.08 Å². The van der Waals surface area contributed by atoms with Crippen LogP contribution in [0.2, 0.25) is 0 Å². The van der Waals surface area contributed by atoms with Crippen LogP contribution in [-0.4, -0.2) is 47.8 Å². The van der Waals surface area contributed by atoms with Crippen LogP contribution in [0.4, 0.5) is 0 Å². The molecule has 0 saturated heterocycles. The predicted octanol–water partition coefficient (Wildman–Crippen LogP) is 12.2. The number of rotatable bonds is 39. The number of carbonyl (C=O) groups excluding carboxylic acids is 1. The van der Waals surface area contributed by atoms with Crippen molar-refractivity contribution in [1.82, 2.24) is 5.32 Å². The molecule has 0 aliphatic rings. The Balaban J connectivity index is 4.37. The van der Waals surface area contributed by atoms with E-state index in [1.807, 2.05) is 6.08 Å². The Hall–Kier alpha value is -2.32. The van der Waals surface area contributed by atoms with Crippen molar-refractivity contribution in [3.05, 3.63) is 85.1 Å². The highest BCUT2D eigenvalue weighted by Crippen LogP contribution is 2.43. The molecule has 1 amide bonds. The number of phosphoric acid groups is 1. The molecule has 8 nitrogen and oxygen atoms in total. The van der Waals surface area contributed by atoms with Gasteiger partial charge in [0, 0.05) is 13.0 Å². The average molecular weight is 789 g/mol. The molecule has 0 heterocycles. The number of hydrogen-bond donors (Lipinski definition) is 4. The summed E-state index contributed by atoms with van der Waals surface area (Å²) in [7, 11) is -4.37. The van der Waals surface area contributed by atoms with Gasteiger partial charge >= 0.3 is 7.82 Å². The third-order valence-corrected chi connectivity index (χ3v) is 9.92. The van der Waals surface area contributed by atoms with Gasteiger partial charge in [-0.05, 0) is 83.5 Å². The standard InChI is InChI=1S/C46H81N2O6P/c1-3-5-7-9-11-13-15-17-19-20-21-22-23-24-26-27-29-31-33-35-37-39-45(49)44(43-54-55(51,52)53-42-41-47)48-46(50)40-38-36-34-32-30-28-25-18-16-14-12-10-8-6-4-2/h6,8,12,14,18,23-25,29-32,37,39,44-45,49H,3-5,7,9-11,13,15-17,19-22,26-28,33-36,38,40-43,47H2,1-2H3,(H,48,50)(H,51,52)/b8-6-,14-12-,24-23+,25-18-,31-29+,32-30-,39-37+. The van der Waals surface area contributed by atoms with Crippen molar-refractivity contribution in [2.45, 2.75) is 180 Å². The second-order valence-corrected chi connectivity index (χ2v) is 15.6. The van der Waals surface area contributed by atoms with Crippen molar-refractivity contribution in [2.24, 2.45) is 5.73 Å². The zero-order chi connectivity index (χ0) is 40.3. The maximum atomic E-state index is 12.7. The van der Waals surface area contributed by atoms with E-state index in [9.17, 15) is 19.4 Å². The van der Waals surface area contributed by atoms with E-state index < -0.39 is 20.0 Å². The van der Waals surface area contributed by atoms with E-state index in [0.29, 0.717) is 6.42 Å². The van der Waals surface area contributed by atoms with Crippen LogP contribution in [0, 0.1) is 0 Å². The summed E-state index contributed by atoms with van der Waals surface area (Å²) >= 11 is 0. The molecule has 3 atom stereocenters. The first kappa shape index (κ1) is 52.7. The number of nitrogens with two attached hydrogens (primary N) is 1.